The Kier molecular flexibility index (Phi) is 2.24. The van der Waals surface area contributed by atoms with Gasteiger partial charge in [-0.05, 0) is 35.7 Å². The van der Waals surface area contributed by atoms with Crippen molar-refractivity contribution in [3.63, 3.8) is 0 Å². The monoisotopic (exact) mass is 188 g/mol. The van der Waals surface area contributed by atoms with Crippen molar-refractivity contribution in [2.75, 3.05) is 0 Å². The highest BCUT2D eigenvalue weighted by Gasteiger charge is 2.08. The van der Waals surface area contributed by atoms with E-state index in [1.807, 2.05) is 36.4 Å². The van der Waals surface area contributed by atoms with E-state index in [0.29, 0.717) is 0 Å². The van der Waals surface area contributed by atoms with Crippen LogP contribution in [0.3, 0.4) is 0 Å². The lowest BCUT2D eigenvalue weighted by atomic mass is 9.98. The quantitative estimate of drug-likeness (QED) is 0.629. The zero-order valence-corrected chi connectivity index (χ0v) is 8.42. The summed E-state index contributed by atoms with van der Waals surface area (Å²) in [5.74, 6) is 0. The summed E-state index contributed by atoms with van der Waals surface area (Å²) in [5, 5.41) is 2.18. The number of aryl methyl sites for hydroxylation is 1. The largest absolute Gasteiger partial charge is 0.243 e. The molecule has 0 heterocycles. The van der Waals surface area contributed by atoms with E-state index in [9.17, 15) is 4.39 Å². The summed E-state index contributed by atoms with van der Waals surface area (Å²) in [7, 11) is 0. The van der Waals surface area contributed by atoms with Gasteiger partial charge in [0, 0.05) is 0 Å². The SMILES string of the molecule is Cc1ccc(C(C)F)c2ccccc12. The van der Waals surface area contributed by atoms with E-state index < -0.39 is 6.17 Å². The lowest BCUT2D eigenvalue weighted by Gasteiger charge is -2.09. The molecule has 0 fully saturated rings. The Bertz CT molecular complexity index is 458. The van der Waals surface area contributed by atoms with Gasteiger partial charge in [0.15, 0.2) is 0 Å². The molecule has 14 heavy (non-hydrogen) atoms. The van der Waals surface area contributed by atoms with Crippen molar-refractivity contribution < 1.29 is 4.39 Å². The molecular weight excluding hydrogens is 175 g/mol. The first-order valence-electron chi connectivity index (χ1n) is 4.82. The highest BCUT2D eigenvalue weighted by Crippen LogP contribution is 2.28. The van der Waals surface area contributed by atoms with Crippen molar-refractivity contribution >= 4 is 10.8 Å². The zero-order chi connectivity index (χ0) is 10.1. The molecule has 1 heteroatoms. The minimum atomic E-state index is -0.902. The molecule has 0 nitrogen and oxygen atoms in total. The molecule has 0 saturated heterocycles. The number of hydrogen-bond donors (Lipinski definition) is 0. The van der Waals surface area contributed by atoms with Gasteiger partial charge >= 0.3 is 0 Å². The maximum Gasteiger partial charge on any atom is 0.123 e. The number of benzene rings is 2. The number of hydrogen-bond acceptors (Lipinski definition) is 0. The van der Waals surface area contributed by atoms with E-state index in [1.165, 1.54) is 5.56 Å². The Morgan fingerprint density at radius 1 is 1.00 bits per heavy atom. The lowest BCUT2D eigenvalue weighted by molar-refractivity contribution is 0.376. The Balaban J connectivity index is 2.82. The van der Waals surface area contributed by atoms with Gasteiger partial charge in [0.05, 0.1) is 0 Å². The molecule has 2 aromatic rings. The van der Waals surface area contributed by atoms with Gasteiger partial charge < -0.3 is 0 Å². The second kappa shape index (κ2) is 3.41. The molecule has 72 valence electrons. The molecule has 0 spiro atoms. The molecule has 0 aliphatic rings. The number of alkyl halides is 1. The molecule has 0 aliphatic heterocycles. The number of rotatable bonds is 1. The van der Waals surface area contributed by atoms with Crippen molar-refractivity contribution in [2.24, 2.45) is 0 Å². The van der Waals surface area contributed by atoms with Gasteiger partial charge in [-0.2, -0.15) is 0 Å². The highest BCUT2D eigenvalue weighted by atomic mass is 19.1. The number of halogens is 1. The molecule has 0 bridgehead atoms. The Morgan fingerprint density at radius 3 is 2.29 bits per heavy atom. The smallest absolute Gasteiger partial charge is 0.123 e. The van der Waals surface area contributed by atoms with Gasteiger partial charge in [0.25, 0.3) is 0 Å². The maximum atomic E-state index is 13.3. The van der Waals surface area contributed by atoms with E-state index in [2.05, 4.69) is 6.92 Å². The fourth-order valence-corrected chi connectivity index (χ4v) is 1.82. The Hall–Kier alpha value is -1.37. The average molecular weight is 188 g/mol. The van der Waals surface area contributed by atoms with E-state index in [4.69, 9.17) is 0 Å². The molecule has 0 radical (unpaired) electrons. The molecule has 0 saturated carbocycles. The number of fused-ring (bicyclic) bond motifs is 1. The van der Waals surface area contributed by atoms with Crippen LogP contribution in [0.1, 0.15) is 24.2 Å². The first-order valence-corrected chi connectivity index (χ1v) is 4.82. The molecule has 0 aliphatic carbocycles. The summed E-state index contributed by atoms with van der Waals surface area (Å²) in [4.78, 5) is 0. The van der Waals surface area contributed by atoms with E-state index in [1.54, 1.807) is 6.92 Å². The molecule has 1 atom stereocenters. The van der Waals surface area contributed by atoms with Crippen LogP contribution in [0.2, 0.25) is 0 Å². The minimum Gasteiger partial charge on any atom is -0.243 e. The van der Waals surface area contributed by atoms with Crippen LogP contribution in [0, 0.1) is 6.92 Å². The van der Waals surface area contributed by atoms with Crippen LogP contribution in [-0.4, -0.2) is 0 Å². The van der Waals surface area contributed by atoms with Crippen LogP contribution in [0.25, 0.3) is 10.8 Å². The fourth-order valence-electron chi connectivity index (χ4n) is 1.82. The van der Waals surface area contributed by atoms with E-state index >= 15 is 0 Å². The predicted octanol–water partition coefficient (Wildman–Crippen LogP) is 4.18. The lowest BCUT2D eigenvalue weighted by Crippen LogP contribution is -1.89. The van der Waals surface area contributed by atoms with Gasteiger partial charge in [-0.25, -0.2) is 4.39 Å². The summed E-state index contributed by atoms with van der Waals surface area (Å²) in [6.07, 6.45) is -0.902. The van der Waals surface area contributed by atoms with Gasteiger partial charge in [0.2, 0.25) is 0 Å². The van der Waals surface area contributed by atoms with Crippen molar-refractivity contribution in [3.8, 4) is 0 Å². The minimum absolute atomic E-state index is 0.784. The topological polar surface area (TPSA) is 0 Å². The van der Waals surface area contributed by atoms with Crippen molar-refractivity contribution in [1.29, 1.82) is 0 Å². The highest BCUT2D eigenvalue weighted by molar-refractivity contribution is 5.88. The summed E-state index contributed by atoms with van der Waals surface area (Å²) < 4.78 is 13.3. The van der Waals surface area contributed by atoms with Crippen molar-refractivity contribution in [3.05, 3.63) is 47.5 Å². The van der Waals surface area contributed by atoms with Gasteiger partial charge in [-0.15, -0.1) is 0 Å². The van der Waals surface area contributed by atoms with Gasteiger partial charge in [-0.3, -0.25) is 0 Å². The van der Waals surface area contributed by atoms with Crippen LogP contribution in [0.4, 0.5) is 4.39 Å². The second-order valence-corrected chi connectivity index (χ2v) is 3.63. The molecule has 0 N–H and O–H groups in total. The molecule has 0 amide bonds. The molecular formula is C13H13F. The van der Waals surface area contributed by atoms with E-state index in [-0.39, 0.29) is 0 Å². The maximum absolute atomic E-state index is 13.3. The first-order chi connectivity index (χ1) is 6.70. The fraction of sp³-hybridized carbons (Fsp3) is 0.231. The van der Waals surface area contributed by atoms with Crippen LogP contribution >= 0.6 is 0 Å². The first kappa shape index (κ1) is 9.20. The van der Waals surface area contributed by atoms with Crippen LogP contribution in [0.15, 0.2) is 36.4 Å². The Morgan fingerprint density at radius 2 is 1.64 bits per heavy atom. The summed E-state index contributed by atoms with van der Waals surface area (Å²) >= 11 is 0. The second-order valence-electron chi connectivity index (χ2n) is 3.63. The zero-order valence-electron chi connectivity index (χ0n) is 8.42. The predicted molar refractivity (Wildman–Crippen MR) is 58.2 cm³/mol. The van der Waals surface area contributed by atoms with Crippen molar-refractivity contribution in [2.45, 2.75) is 20.0 Å². The Labute approximate surface area is 83.4 Å². The molecule has 2 rings (SSSR count). The third kappa shape index (κ3) is 1.39. The normalized spacial score (nSPS) is 13.1. The summed E-state index contributed by atoms with van der Waals surface area (Å²) in [6, 6.07) is 11.8. The molecule has 0 aromatic heterocycles. The van der Waals surface area contributed by atoms with Crippen molar-refractivity contribution in [1.82, 2.24) is 0 Å². The summed E-state index contributed by atoms with van der Waals surface area (Å²) in [5.41, 5.74) is 1.98. The molecule has 2 aromatic carbocycles. The van der Waals surface area contributed by atoms with Crippen LogP contribution < -0.4 is 0 Å². The van der Waals surface area contributed by atoms with Gasteiger partial charge in [-0.1, -0.05) is 36.4 Å². The van der Waals surface area contributed by atoms with Crippen LogP contribution in [-0.2, 0) is 0 Å². The standard InChI is InChI=1S/C13H13F/c1-9-7-8-12(10(2)14)13-6-4-3-5-11(9)13/h3-8,10H,1-2H3. The summed E-state index contributed by atoms with van der Waals surface area (Å²) in [6.45, 7) is 3.63. The third-order valence-corrected chi connectivity index (χ3v) is 2.60. The van der Waals surface area contributed by atoms with Gasteiger partial charge in [0.1, 0.15) is 6.17 Å². The third-order valence-electron chi connectivity index (χ3n) is 2.60. The van der Waals surface area contributed by atoms with E-state index in [0.717, 1.165) is 16.3 Å². The van der Waals surface area contributed by atoms with Crippen LogP contribution in [0.5, 0.6) is 0 Å². The molecule has 1 unspecified atom stereocenters. The average Bonchev–Trinajstić information content (AvgIpc) is 2.18.